The van der Waals surface area contributed by atoms with Crippen LogP contribution in [0.3, 0.4) is 0 Å². The number of urea groups is 1. The smallest absolute Gasteiger partial charge is 0.338 e. The Morgan fingerprint density at radius 3 is 2.46 bits per heavy atom. The number of hydrogen-bond acceptors (Lipinski definition) is 7. The fourth-order valence-electron chi connectivity index (χ4n) is 4.69. The zero-order valence-electron chi connectivity index (χ0n) is 20.5. The number of fused-ring (bicyclic) bond motifs is 1. The molecule has 0 aromatic heterocycles. The Balaban J connectivity index is 1.77. The molecule has 0 saturated carbocycles. The number of amides is 2. The van der Waals surface area contributed by atoms with Gasteiger partial charge in [0, 0.05) is 30.9 Å². The summed E-state index contributed by atoms with van der Waals surface area (Å²) in [6.07, 6.45) is 0.900. The van der Waals surface area contributed by atoms with Crippen molar-refractivity contribution in [2.75, 3.05) is 41.0 Å². The van der Waals surface area contributed by atoms with Gasteiger partial charge in [-0.15, -0.1) is 0 Å². The van der Waals surface area contributed by atoms with Crippen LogP contribution in [0.1, 0.15) is 29.7 Å². The monoisotopic (exact) mass is 481 g/mol. The van der Waals surface area contributed by atoms with E-state index >= 15 is 0 Å². The van der Waals surface area contributed by atoms with Gasteiger partial charge in [-0.2, -0.15) is 0 Å². The molecule has 2 heterocycles. The van der Waals surface area contributed by atoms with Gasteiger partial charge in [0.25, 0.3) is 0 Å². The predicted molar refractivity (Wildman–Crippen MR) is 130 cm³/mol. The maximum atomic E-state index is 13.2. The number of esters is 1. The van der Waals surface area contributed by atoms with E-state index in [-0.39, 0.29) is 6.61 Å². The van der Waals surface area contributed by atoms with E-state index in [4.69, 9.17) is 18.9 Å². The summed E-state index contributed by atoms with van der Waals surface area (Å²) in [6.45, 7) is 3.88. The number of carbonyl (C=O) groups is 2. The van der Waals surface area contributed by atoms with Crippen LogP contribution in [-0.4, -0.2) is 57.9 Å². The van der Waals surface area contributed by atoms with Gasteiger partial charge in [-0.3, -0.25) is 4.90 Å². The maximum absolute atomic E-state index is 13.2. The van der Waals surface area contributed by atoms with E-state index in [1.807, 2.05) is 12.1 Å². The van der Waals surface area contributed by atoms with Gasteiger partial charge >= 0.3 is 12.0 Å². The first-order valence-electron chi connectivity index (χ1n) is 11.6. The number of ether oxygens (including phenoxy) is 4. The molecule has 0 saturated heterocycles. The summed E-state index contributed by atoms with van der Waals surface area (Å²) >= 11 is 0. The molecule has 0 spiro atoms. The van der Waals surface area contributed by atoms with Crippen molar-refractivity contribution in [1.82, 2.24) is 15.5 Å². The minimum absolute atomic E-state index is 0.205. The minimum atomic E-state index is -0.801. The first-order chi connectivity index (χ1) is 17.0. The average molecular weight is 482 g/mol. The molecule has 2 aromatic carbocycles. The minimum Gasteiger partial charge on any atom is -0.493 e. The molecule has 35 heavy (non-hydrogen) atoms. The summed E-state index contributed by atoms with van der Waals surface area (Å²) in [5, 5.41) is 5.72. The lowest BCUT2D eigenvalue weighted by molar-refractivity contribution is -0.139. The van der Waals surface area contributed by atoms with Crippen LogP contribution in [0.5, 0.6) is 17.2 Å². The second-order valence-electron chi connectivity index (χ2n) is 8.30. The van der Waals surface area contributed by atoms with Crippen molar-refractivity contribution in [3.63, 3.8) is 0 Å². The van der Waals surface area contributed by atoms with Gasteiger partial charge in [0.2, 0.25) is 5.75 Å². The van der Waals surface area contributed by atoms with E-state index < -0.39 is 18.0 Å². The number of nitrogens with one attached hydrogen (secondary N) is 2. The van der Waals surface area contributed by atoms with Gasteiger partial charge in [-0.25, -0.2) is 9.59 Å². The molecule has 0 radical (unpaired) electrons. The Hall–Kier alpha value is -3.72. The molecule has 2 aromatic rings. The third kappa shape index (κ3) is 4.90. The summed E-state index contributed by atoms with van der Waals surface area (Å²) in [5.41, 5.74) is 3.97. The van der Waals surface area contributed by atoms with Crippen LogP contribution in [-0.2, 0) is 22.5 Å². The van der Waals surface area contributed by atoms with Crippen molar-refractivity contribution in [2.45, 2.75) is 25.9 Å². The summed E-state index contributed by atoms with van der Waals surface area (Å²) in [7, 11) is 4.54. The molecule has 4 rings (SSSR count). The first-order valence-corrected chi connectivity index (χ1v) is 11.6. The molecule has 0 fully saturated rings. The fraction of sp³-hybridized carbons (Fsp3) is 0.385. The molecular formula is C26H31N3O6. The fourth-order valence-corrected chi connectivity index (χ4v) is 4.69. The lowest BCUT2D eigenvalue weighted by atomic mass is 9.93. The third-order valence-corrected chi connectivity index (χ3v) is 6.29. The lowest BCUT2D eigenvalue weighted by Crippen LogP contribution is -2.49. The predicted octanol–water partition coefficient (Wildman–Crippen LogP) is 2.94. The normalized spacial score (nSPS) is 17.7. The molecule has 2 N–H and O–H groups in total. The van der Waals surface area contributed by atoms with Crippen LogP contribution in [0.15, 0.2) is 47.7 Å². The number of hydrogen-bond donors (Lipinski definition) is 2. The number of nitrogens with zero attached hydrogens (tertiary/aromatic N) is 1. The Morgan fingerprint density at radius 1 is 1.03 bits per heavy atom. The second kappa shape index (κ2) is 10.7. The highest BCUT2D eigenvalue weighted by Gasteiger charge is 2.37. The quantitative estimate of drug-likeness (QED) is 0.560. The largest absolute Gasteiger partial charge is 0.493 e. The molecule has 9 nitrogen and oxygen atoms in total. The standard InChI is InChI=1S/C26H31N3O6/c1-5-35-25(30)21-19(15-29-13-12-16-8-6-7-9-17(16)14-29)27-26(31)28-22(21)18-10-11-20(32-2)24(34-4)23(18)33-3/h6-11,22H,5,12-15H2,1-4H3,(H2,27,28,31). The highest BCUT2D eigenvalue weighted by Crippen LogP contribution is 2.44. The zero-order chi connectivity index (χ0) is 24.9. The Morgan fingerprint density at radius 2 is 1.77 bits per heavy atom. The van der Waals surface area contributed by atoms with Crippen molar-refractivity contribution >= 4 is 12.0 Å². The summed E-state index contributed by atoms with van der Waals surface area (Å²) in [6, 6.07) is 10.6. The highest BCUT2D eigenvalue weighted by molar-refractivity contribution is 5.95. The van der Waals surface area contributed by atoms with Gasteiger partial charge in [0.05, 0.1) is 39.6 Å². The van der Waals surface area contributed by atoms with Crippen molar-refractivity contribution in [1.29, 1.82) is 0 Å². The number of benzene rings is 2. The number of rotatable bonds is 8. The molecular weight excluding hydrogens is 450 g/mol. The maximum Gasteiger partial charge on any atom is 0.338 e. The first kappa shape index (κ1) is 24.4. The van der Waals surface area contributed by atoms with Gasteiger partial charge in [-0.1, -0.05) is 24.3 Å². The van der Waals surface area contributed by atoms with Gasteiger partial charge in [0.1, 0.15) is 0 Å². The van der Waals surface area contributed by atoms with Crippen molar-refractivity contribution in [3.8, 4) is 17.2 Å². The Labute approximate surface area is 205 Å². The van der Waals surface area contributed by atoms with E-state index in [0.717, 1.165) is 19.5 Å². The topological polar surface area (TPSA) is 98.4 Å². The molecule has 1 atom stereocenters. The molecule has 9 heteroatoms. The molecule has 0 aliphatic carbocycles. The molecule has 2 aliphatic rings. The lowest BCUT2D eigenvalue weighted by Gasteiger charge is -2.34. The van der Waals surface area contributed by atoms with Gasteiger partial charge < -0.3 is 29.6 Å². The van der Waals surface area contributed by atoms with Gasteiger partial charge in [0.15, 0.2) is 11.5 Å². The Kier molecular flexibility index (Phi) is 7.45. The summed E-state index contributed by atoms with van der Waals surface area (Å²) in [4.78, 5) is 28.2. The van der Waals surface area contributed by atoms with Crippen LogP contribution in [0, 0.1) is 0 Å². The van der Waals surface area contributed by atoms with Crippen molar-refractivity contribution in [3.05, 3.63) is 64.4 Å². The van der Waals surface area contributed by atoms with Crippen LogP contribution in [0.25, 0.3) is 0 Å². The van der Waals surface area contributed by atoms with E-state index in [1.165, 1.54) is 32.5 Å². The average Bonchev–Trinajstić information content (AvgIpc) is 2.87. The molecule has 0 bridgehead atoms. The number of carbonyl (C=O) groups excluding carboxylic acids is 2. The van der Waals surface area contributed by atoms with Crippen LogP contribution in [0.4, 0.5) is 4.79 Å². The molecule has 2 amide bonds. The van der Waals surface area contributed by atoms with E-state index in [9.17, 15) is 9.59 Å². The number of methoxy groups -OCH3 is 3. The third-order valence-electron chi connectivity index (χ3n) is 6.29. The van der Waals surface area contributed by atoms with Crippen molar-refractivity contribution in [2.24, 2.45) is 0 Å². The highest BCUT2D eigenvalue weighted by atomic mass is 16.5. The van der Waals surface area contributed by atoms with Crippen LogP contribution < -0.4 is 24.8 Å². The molecule has 1 unspecified atom stereocenters. The Bertz CT molecular complexity index is 1150. The van der Waals surface area contributed by atoms with Crippen molar-refractivity contribution < 1.29 is 28.5 Å². The summed E-state index contributed by atoms with van der Waals surface area (Å²) in [5.74, 6) is 0.709. The van der Waals surface area contributed by atoms with Crippen LogP contribution in [0.2, 0.25) is 0 Å². The van der Waals surface area contributed by atoms with Gasteiger partial charge in [-0.05, 0) is 36.6 Å². The van der Waals surface area contributed by atoms with E-state index in [2.05, 4.69) is 27.7 Å². The summed E-state index contributed by atoms with van der Waals surface area (Å²) < 4.78 is 22.0. The second-order valence-corrected chi connectivity index (χ2v) is 8.30. The van der Waals surface area contributed by atoms with Crippen LogP contribution >= 0.6 is 0 Å². The molecule has 2 aliphatic heterocycles. The van der Waals surface area contributed by atoms with E-state index in [0.29, 0.717) is 40.6 Å². The molecule has 186 valence electrons. The van der Waals surface area contributed by atoms with E-state index in [1.54, 1.807) is 19.1 Å². The SMILES string of the molecule is CCOC(=O)C1=C(CN2CCc3ccccc3C2)NC(=O)NC1c1ccc(OC)c(OC)c1OC. The zero-order valence-corrected chi connectivity index (χ0v) is 20.5.